The summed E-state index contributed by atoms with van der Waals surface area (Å²) < 4.78 is 5.78. The summed E-state index contributed by atoms with van der Waals surface area (Å²) in [6.45, 7) is 10.6. The number of nitrogens with zero attached hydrogens (tertiary/aromatic N) is 1. The van der Waals surface area contributed by atoms with Crippen LogP contribution in [0.15, 0.2) is 0 Å². The lowest BCUT2D eigenvalue weighted by atomic mass is 9.87. The molecule has 2 fully saturated rings. The van der Waals surface area contributed by atoms with Crippen LogP contribution in [0, 0.1) is 17.3 Å². The van der Waals surface area contributed by atoms with Crippen molar-refractivity contribution in [2.24, 2.45) is 17.3 Å². The molecule has 1 aliphatic carbocycles. The van der Waals surface area contributed by atoms with Crippen LogP contribution in [-0.2, 0) is 9.53 Å². The minimum Gasteiger partial charge on any atom is -0.465 e. The van der Waals surface area contributed by atoms with E-state index in [1.165, 1.54) is 51.6 Å². The van der Waals surface area contributed by atoms with Crippen molar-refractivity contribution in [1.82, 2.24) is 4.90 Å². The third kappa shape index (κ3) is 6.62. The molecule has 1 saturated carbocycles. The van der Waals surface area contributed by atoms with E-state index >= 15 is 0 Å². The maximum atomic E-state index is 12.6. The van der Waals surface area contributed by atoms with Crippen molar-refractivity contribution < 1.29 is 9.53 Å². The number of halogens is 1. The van der Waals surface area contributed by atoms with Crippen LogP contribution in [0.25, 0.3) is 0 Å². The second-order valence-electron chi connectivity index (χ2n) is 8.19. The molecule has 3 nitrogen and oxygen atoms in total. The zero-order chi connectivity index (χ0) is 16.0. The molecule has 23 heavy (non-hydrogen) atoms. The van der Waals surface area contributed by atoms with Gasteiger partial charge in [-0.25, -0.2) is 0 Å². The zero-order valence-electron chi connectivity index (χ0n) is 15.3. The Balaban J connectivity index is 0.00000264. The van der Waals surface area contributed by atoms with Gasteiger partial charge in [-0.15, -0.1) is 12.4 Å². The molecule has 0 N–H and O–H groups in total. The van der Waals surface area contributed by atoms with Gasteiger partial charge in [0.2, 0.25) is 0 Å². The highest BCUT2D eigenvalue weighted by Gasteiger charge is 2.32. The molecule has 4 heteroatoms. The Bertz CT molecular complexity index is 347. The summed E-state index contributed by atoms with van der Waals surface area (Å²) in [6, 6.07) is 0. The number of likely N-dealkylation sites (tertiary alicyclic amines) is 1. The van der Waals surface area contributed by atoms with Crippen LogP contribution in [0.5, 0.6) is 0 Å². The maximum Gasteiger partial charge on any atom is 0.309 e. The minimum atomic E-state index is 0. The monoisotopic (exact) mass is 345 g/mol. The summed E-state index contributed by atoms with van der Waals surface area (Å²) in [5.74, 6) is 0.799. The van der Waals surface area contributed by atoms with E-state index in [0.29, 0.717) is 12.5 Å². The van der Waals surface area contributed by atoms with E-state index in [-0.39, 0.29) is 29.7 Å². The number of rotatable bonds is 8. The molecular weight excluding hydrogens is 310 g/mol. The van der Waals surface area contributed by atoms with Gasteiger partial charge < -0.3 is 9.64 Å². The number of ether oxygens (including phenoxy) is 1. The Labute approximate surface area is 148 Å². The van der Waals surface area contributed by atoms with Crippen molar-refractivity contribution >= 4 is 18.4 Å². The first-order valence-electron chi connectivity index (χ1n) is 9.41. The first kappa shape index (κ1) is 20.8. The summed E-state index contributed by atoms with van der Waals surface area (Å²) in [5, 5.41) is 0. The lowest BCUT2D eigenvalue weighted by Gasteiger charge is -2.30. The van der Waals surface area contributed by atoms with E-state index in [2.05, 4.69) is 25.7 Å². The molecule has 0 amide bonds. The Morgan fingerprint density at radius 1 is 1.17 bits per heavy atom. The lowest BCUT2D eigenvalue weighted by molar-refractivity contribution is -0.154. The van der Waals surface area contributed by atoms with E-state index in [1.54, 1.807) is 0 Å². The SMILES string of the molecule is CCCC(C(=O)OCC(C)(C)CN1CCCC1)C1CCCC1.Cl. The summed E-state index contributed by atoms with van der Waals surface area (Å²) in [5.41, 5.74) is 0.0619. The molecule has 1 atom stereocenters. The molecule has 136 valence electrons. The van der Waals surface area contributed by atoms with Crippen LogP contribution >= 0.6 is 12.4 Å². The molecule has 0 radical (unpaired) electrons. The van der Waals surface area contributed by atoms with E-state index in [0.717, 1.165) is 19.4 Å². The van der Waals surface area contributed by atoms with Crippen LogP contribution in [0.4, 0.5) is 0 Å². The molecule has 1 heterocycles. The topological polar surface area (TPSA) is 29.5 Å². The van der Waals surface area contributed by atoms with Gasteiger partial charge in [-0.3, -0.25) is 4.79 Å². The van der Waals surface area contributed by atoms with E-state index in [4.69, 9.17) is 4.74 Å². The number of esters is 1. The highest BCUT2D eigenvalue weighted by atomic mass is 35.5. The summed E-state index contributed by atoms with van der Waals surface area (Å²) in [7, 11) is 0. The normalized spacial score (nSPS) is 21.2. The van der Waals surface area contributed by atoms with E-state index in [9.17, 15) is 4.79 Å². The van der Waals surface area contributed by atoms with Gasteiger partial charge in [-0.2, -0.15) is 0 Å². The smallest absolute Gasteiger partial charge is 0.309 e. The Morgan fingerprint density at radius 2 is 1.78 bits per heavy atom. The van der Waals surface area contributed by atoms with Crippen molar-refractivity contribution in [2.75, 3.05) is 26.2 Å². The largest absolute Gasteiger partial charge is 0.465 e. The van der Waals surface area contributed by atoms with Crippen molar-refractivity contribution in [3.05, 3.63) is 0 Å². The maximum absolute atomic E-state index is 12.6. The average Bonchev–Trinajstić information content (AvgIpc) is 3.15. The average molecular weight is 346 g/mol. The predicted molar refractivity (Wildman–Crippen MR) is 98.0 cm³/mol. The summed E-state index contributed by atoms with van der Waals surface area (Å²) in [6.07, 6.45) is 9.72. The van der Waals surface area contributed by atoms with Gasteiger partial charge >= 0.3 is 5.97 Å². The van der Waals surface area contributed by atoms with Gasteiger partial charge in [0.25, 0.3) is 0 Å². The van der Waals surface area contributed by atoms with Gasteiger partial charge in [-0.05, 0) is 51.1 Å². The van der Waals surface area contributed by atoms with Crippen LogP contribution < -0.4 is 0 Å². The third-order valence-corrected chi connectivity index (χ3v) is 5.33. The number of carbonyl (C=O) groups is 1. The zero-order valence-corrected chi connectivity index (χ0v) is 16.1. The van der Waals surface area contributed by atoms with Gasteiger partial charge in [0.15, 0.2) is 0 Å². The Kier molecular flexibility index (Phi) is 8.92. The molecule has 0 aromatic carbocycles. The van der Waals surface area contributed by atoms with Crippen molar-refractivity contribution in [3.63, 3.8) is 0 Å². The highest BCUT2D eigenvalue weighted by Crippen LogP contribution is 2.35. The molecule has 0 aromatic rings. The fraction of sp³-hybridized carbons (Fsp3) is 0.947. The summed E-state index contributed by atoms with van der Waals surface area (Å²) in [4.78, 5) is 15.1. The standard InChI is InChI=1S/C19H35NO2.ClH/c1-4-9-17(16-10-5-6-11-16)18(21)22-15-19(2,3)14-20-12-7-8-13-20;/h16-17H,4-15H2,1-3H3;1H. The van der Waals surface area contributed by atoms with Gasteiger partial charge in [0.05, 0.1) is 12.5 Å². The van der Waals surface area contributed by atoms with Crippen molar-refractivity contribution in [3.8, 4) is 0 Å². The Hall–Kier alpha value is -0.280. The van der Waals surface area contributed by atoms with Gasteiger partial charge in [0, 0.05) is 12.0 Å². The van der Waals surface area contributed by atoms with Gasteiger partial charge in [0.1, 0.15) is 0 Å². The third-order valence-electron chi connectivity index (χ3n) is 5.33. The second kappa shape index (κ2) is 9.88. The van der Waals surface area contributed by atoms with E-state index < -0.39 is 0 Å². The Morgan fingerprint density at radius 3 is 2.35 bits per heavy atom. The molecule has 1 aliphatic heterocycles. The molecule has 2 aliphatic rings. The molecule has 1 saturated heterocycles. The molecule has 2 rings (SSSR count). The molecule has 0 aromatic heterocycles. The molecule has 1 unspecified atom stereocenters. The molecule has 0 spiro atoms. The second-order valence-corrected chi connectivity index (χ2v) is 8.19. The van der Waals surface area contributed by atoms with Crippen LogP contribution in [0.1, 0.15) is 72.1 Å². The lowest BCUT2D eigenvalue weighted by Crippen LogP contribution is -2.37. The first-order valence-corrected chi connectivity index (χ1v) is 9.41. The first-order chi connectivity index (χ1) is 10.5. The molecule has 0 bridgehead atoms. The number of carbonyl (C=O) groups excluding carboxylic acids is 1. The fourth-order valence-corrected chi connectivity index (χ4v) is 4.18. The quantitative estimate of drug-likeness (QED) is 0.598. The fourth-order valence-electron chi connectivity index (χ4n) is 4.18. The molecular formula is C19H36ClNO2. The number of hydrogen-bond acceptors (Lipinski definition) is 3. The van der Waals surface area contributed by atoms with Crippen LogP contribution in [-0.4, -0.2) is 37.1 Å². The number of hydrogen-bond donors (Lipinski definition) is 0. The van der Waals surface area contributed by atoms with E-state index in [1.807, 2.05) is 0 Å². The van der Waals surface area contributed by atoms with Crippen LogP contribution in [0.3, 0.4) is 0 Å². The van der Waals surface area contributed by atoms with Gasteiger partial charge in [-0.1, -0.05) is 40.0 Å². The predicted octanol–water partition coefficient (Wildman–Crippen LogP) is 4.68. The van der Waals surface area contributed by atoms with Crippen LogP contribution in [0.2, 0.25) is 0 Å². The van der Waals surface area contributed by atoms with Crippen molar-refractivity contribution in [2.45, 2.75) is 72.1 Å². The summed E-state index contributed by atoms with van der Waals surface area (Å²) >= 11 is 0. The van der Waals surface area contributed by atoms with Crippen molar-refractivity contribution in [1.29, 1.82) is 0 Å². The highest BCUT2D eigenvalue weighted by molar-refractivity contribution is 5.85. The minimum absolute atomic E-state index is 0.